The fourth-order valence-electron chi connectivity index (χ4n) is 5.59. The van der Waals surface area contributed by atoms with Gasteiger partial charge in [-0.25, -0.2) is 0 Å². The van der Waals surface area contributed by atoms with Gasteiger partial charge in [-0.15, -0.1) is 0 Å². The quantitative estimate of drug-likeness (QED) is 0.434. The lowest BCUT2D eigenvalue weighted by Crippen LogP contribution is -2.16. The molecule has 0 aliphatic heterocycles. The van der Waals surface area contributed by atoms with E-state index < -0.39 is 0 Å². The van der Waals surface area contributed by atoms with Crippen LogP contribution in [0.5, 0.6) is 0 Å². The van der Waals surface area contributed by atoms with Crippen molar-refractivity contribution in [2.75, 3.05) is 0 Å². The molecule has 5 saturated carbocycles. The van der Waals surface area contributed by atoms with Gasteiger partial charge >= 0.3 is 0 Å². The van der Waals surface area contributed by atoms with Crippen LogP contribution in [-0.4, -0.2) is 0 Å². The van der Waals surface area contributed by atoms with Crippen LogP contribution in [0.1, 0.15) is 103 Å². The number of allylic oxidation sites excluding steroid dienone is 8. The molecule has 0 atom stereocenters. The molecule has 0 saturated heterocycles. The molecule has 0 unspecified atom stereocenters. The summed E-state index contributed by atoms with van der Waals surface area (Å²) < 4.78 is 0. The molecule has 0 heterocycles. The molecule has 0 spiro atoms. The van der Waals surface area contributed by atoms with E-state index in [1.54, 1.807) is 0 Å². The van der Waals surface area contributed by atoms with Gasteiger partial charge in [0.1, 0.15) is 0 Å². The smallest absolute Gasteiger partial charge is 0.0158 e. The first kappa shape index (κ1) is 15.2. The summed E-state index contributed by atoms with van der Waals surface area (Å²) in [5, 5.41) is 0. The average Bonchev–Trinajstić information content (AvgIpc) is 3.28. The summed E-state index contributed by atoms with van der Waals surface area (Å²) in [6.07, 6.45) is 22.6. The van der Waals surface area contributed by atoms with Crippen molar-refractivity contribution in [3.8, 4) is 0 Å². The summed E-state index contributed by atoms with van der Waals surface area (Å²) in [5.41, 5.74) is 14.7. The van der Waals surface area contributed by atoms with Crippen LogP contribution in [0.3, 0.4) is 0 Å². The number of hydrogen-bond donors (Lipinski definition) is 0. The van der Waals surface area contributed by atoms with E-state index >= 15 is 0 Å². The maximum Gasteiger partial charge on any atom is -0.0158 e. The summed E-state index contributed by atoms with van der Waals surface area (Å²) in [6.45, 7) is 0. The second-order valence-electron chi connectivity index (χ2n) is 8.74. The predicted molar refractivity (Wildman–Crippen MR) is 102 cm³/mol. The van der Waals surface area contributed by atoms with Gasteiger partial charge < -0.3 is 0 Å². The van der Waals surface area contributed by atoms with Crippen LogP contribution in [0.25, 0.3) is 0 Å². The van der Waals surface area contributed by atoms with Gasteiger partial charge in [-0.2, -0.15) is 0 Å². The van der Waals surface area contributed by atoms with Crippen LogP contribution in [0.4, 0.5) is 0 Å². The Morgan fingerprint density at radius 3 is 1.17 bits per heavy atom. The van der Waals surface area contributed by atoms with Crippen molar-refractivity contribution >= 4 is 0 Å². The number of hydrogen-bond acceptors (Lipinski definition) is 0. The molecule has 5 rings (SSSR count). The molecule has 5 aliphatic rings. The van der Waals surface area contributed by atoms with Crippen LogP contribution in [0.15, 0.2) is 44.6 Å². The lowest BCUT2D eigenvalue weighted by molar-refractivity contribution is 0.587. The molecule has 0 aromatic rings. The summed E-state index contributed by atoms with van der Waals surface area (Å²) >= 11 is 0. The highest BCUT2D eigenvalue weighted by atomic mass is 14.4. The maximum absolute atomic E-state index is 1.87. The van der Waals surface area contributed by atoms with Crippen molar-refractivity contribution in [2.45, 2.75) is 103 Å². The third-order valence-corrected chi connectivity index (χ3v) is 7.16. The lowest BCUT2D eigenvalue weighted by Gasteiger charge is -2.35. The molecular weight excluding hydrogens is 288 g/mol. The Bertz CT molecular complexity index is 649. The SMILES string of the molecule is C1CCC(=C2CCC(=C3CC3)C(=C3CCC3)C2=C2CCCC2)CC1. The number of rotatable bonds is 0. The molecule has 0 radical (unpaired) electrons. The molecule has 0 nitrogen and oxygen atoms in total. The third kappa shape index (κ3) is 2.67. The maximum atomic E-state index is 1.87. The molecule has 128 valence electrons. The lowest BCUT2D eigenvalue weighted by atomic mass is 9.70. The molecule has 5 aliphatic carbocycles. The van der Waals surface area contributed by atoms with Crippen molar-refractivity contribution in [3.05, 3.63) is 44.6 Å². The van der Waals surface area contributed by atoms with Gasteiger partial charge in [-0.3, -0.25) is 0 Å². The first-order chi connectivity index (χ1) is 11.9. The molecule has 0 bridgehead atoms. The van der Waals surface area contributed by atoms with E-state index in [9.17, 15) is 0 Å². The Labute approximate surface area is 147 Å². The zero-order valence-corrected chi connectivity index (χ0v) is 15.3. The zero-order valence-electron chi connectivity index (χ0n) is 15.3. The van der Waals surface area contributed by atoms with Gasteiger partial charge in [0.2, 0.25) is 0 Å². The van der Waals surface area contributed by atoms with Gasteiger partial charge in [0.05, 0.1) is 0 Å². The minimum Gasteiger partial charge on any atom is -0.0664 e. The molecule has 0 N–H and O–H groups in total. The highest BCUT2D eigenvalue weighted by Gasteiger charge is 2.34. The Morgan fingerprint density at radius 2 is 0.708 bits per heavy atom. The fraction of sp³-hybridized carbons (Fsp3) is 0.667. The van der Waals surface area contributed by atoms with E-state index in [0.29, 0.717) is 0 Å². The summed E-state index contributed by atoms with van der Waals surface area (Å²) in [5.74, 6) is 0. The second kappa shape index (κ2) is 6.36. The van der Waals surface area contributed by atoms with Crippen molar-refractivity contribution in [2.24, 2.45) is 0 Å². The van der Waals surface area contributed by atoms with Crippen molar-refractivity contribution in [1.82, 2.24) is 0 Å². The zero-order chi connectivity index (χ0) is 15.9. The van der Waals surface area contributed by atoms with Crippen molar-refractivity contribution in [1.29, 1.82) is 0 Å². The van der Waals surface area contributed by atoms with E-state index in [-0.39, 0.29) is 0 Å². The van der Waals surface area contributed by atoms with Gasteiger partial charge in [0.25, 0.3) is 0 Å². The van der Waals surface area contributed by atoms with E-state index in [4.69, 9.17) is 0 Å². The third-order valence-electron chi connectivity index (χ3n) is 7.16. The van der Waals surface area contributed by atoms with Crippen molar-refractivity contribution in [3.63, 3.8) is 0 Å². The summed E-state index contributed by atoms with van der Waals surface area (Å²) in [6, 6.07) is 0. The topological polar surface area (TPSA) is 0 Å². The Kier molecular flexibility index (Phi) is 4.03. The molecular formula is C24H32. The Morgan fingerprint density at radius 1 is 0.292 bits per heavy atom. The van der Waals surface area contributed by atoms with Crippen LogP contribution in [-0.2, 0) is 0 Å². The van der Waals surface area contributed by atoms with Crippen molar-refractivity contribution < 1.29 is 0 Å². The standard InChI is InChI=1S/C24H32/c1-2-7-17(8-3-1)21-15-16-22(18-13-14-18)24(20-11-6-12-20)23(21)19-9-4-5-10-19/h1-16H2. The first-order valence-electron chi connectivity index (χ1n) is 10.8. The van der Waals surface area contributed by atoms with E-state index in [0.717, 1.165) is 0 Å². The predicted octanol–water partition coefficient (Wildman–Crippen LogP) is 7.48. The average molecular weight is 321 g/mol. The normalized spacial score (nSPS) is 28.0. The largest absolute Gasteiger partial charge is 0.0664 e. The van der Waals surface area contributed by atoms with Gasteiger partial charge in [-0.1, -0.05) is 28.7 Å². The minimum atomic E-state index is 1.36. The monoisotopic (exact) mass is 320 g/mol. The van der Waals surface area contributed by atoms with Crippen LogP contribution < -0.4 is 0 Å². The van der Waals surface area contributed by atoms with Gasteiger partial charge in [0.15, 0.2) is 0 Å². The van der Waals surface area contributed by atoms with E-state index in [1.165, 1.54) is 103 Å². The minimum absolute atomic E-state index is 1.36. The summed E-state index contributed by atoms with van der Waals surface area (Å²) in [4.78, 5) is 0. The highest BCUT2D eigenvalue weighted by Crippen LogP contribution is 2.52. The van der Waals surface area contributed by atoms with Crippen LogP contribution in [0.2, 0.25) is 0 Å². The van der Waals surface area contributed by atoms with Crippen LogP contribution >= 0.6 is 0 Å². The van der Waals surface area contributed by atoms with E-state index in [2.05, 4.69) is 0 Å². The first-order valence-corrected chi connectivity index (χ1v) is 10.8. The highest BCUT2D eigenvalue weighted by molar-refractivity contribution is 5.66. The Balaban J connectivity index is 1.68. The molecule has 5 fully saturated rings. The van der Waals surface area contributed by atoms with E-state index in [1.807, 2.05) is 44.6 Å². The molecule has 0 aromatic carbocycles. The molecule has 0 heteroatoms. The molecule has 24 heavy (non-hydrogen) atoms. The molecule has 0 aromatic heterocycles. The molecule has 0 amide bonds. The van der Waals surface area contributed by atoms with Crippen LogP contribution in [0, 0.1) is 0 Å². The Hall–Kier alpha value is -1.04. The summed E-state index contributed by atoms with van der Waals surface area (Å²) in [7, 11) is 0. The second-order valence-corrected chi connectivity index (χ2v) is 8.74. The fourth-order valence-corrected chi connectivity index (χ4v) is 5.59. The van der Waals surface area contributed by atoms with Gasteiger partial charge in [0, 0.05) is 0 Å². The van der Waals surface area contributed by atoms with Gasteiger partial charge in [-0.05, 0) is 119 Å².